The Hall–Kier alpha value is -1.08. The van der Waals surface area contributed by atoms with Crippen molar-refractivity contribution in [3.63, 3.8) is 0 Å². The molecule has 0 radical (unpaired) electrons. The number of nitrogens with zero attached hydrogens (tertiary/aromatic N) is 1. The molecular weight excluding hydrogens is 306 g/mol. The van der Waals surface area contributed by atoms with Crippen LogP contribution >= 0.6 is 0 Å². The third-order valence-electron chi connectivity index (χ3n) is 3.28. The fourth-order valence-corrected chi connectivity index (χ4v) is 2.52. The van der Waals surface area contributed by atoms with Gasteiger partial charge in [-0.1, -0.05) is 12.2 Å². The highest BCUT2D eigenvalue weighted by Crippen LogP contribution is 2.22. The fourth-order valence-electron chi connectivity index (χ4n) is 2.20. The fraction of sp³-hybridized carbons (Fsp3) is 0.800. The lowest BCUT2D eigenvalue weighted by Crippen LogP contribution is -2.41. The minimum absolute atomic E-state index is 0.0790. The lowest BCUT2D eigenvalue weighted by Gasteiger charge is -2.33. The Morgan fingerprint density at radius 2 is 1.82 bits per heavy atom. The van der Waals surface area contributed by atoms with Gasteiger partial charge in [0.2, 0.25) is 0 Å². The van der Waals surface area contributed by atoms with Gasteiger partial charge in [-0.15, -0.1) is 0 Å². The highest BCUT2D eigenvalue weighted by Gasteiger charge is 2.26. The summed E-state index contributed by atoms with van der Waals surface area (Å²) in [6.07, 6.45) is 7.18. The van der Waals surface area contributed by atoms with Gasteiger partial charge in [-0.25, -0.2) is 4.79 Å². The third-order valence-corrected chi connectivity index (χ3v) is 3.84. The Kier molecular flexibility index (Phi) is 6.87. The quantitative estimate of drug-likeness (QED) is 0.571. The molecule has 6 nitrogen and oxygen atoms in total. The number of ether oxygens (including phenoxy) is 1. The van der Waals surface area contributed by atoms with Crippen molar-refractivity contribution in [3.05, 3.63) is 12.2 Å². The Morgan fingerprint density at radius 3 is 2.32 bits per heavy atom. The highest BCUT2D eigenvalue weighted by atomic mass is 32.2. The summed E-state index contributed by atoms with van der Waals surface area (Å²) in [4.78, 5) is 13.7. The lowest BCUT2D eigenvalue weighted by atomic mass is 9.93. The molecule has 0 spiro atoms. The molecule has 1 aliphatic heterocycles. The summed E-state index contributed by atoms with van der Waals surface area (Å²) in [7, 11) is -3.37. The Labute approximate surface area is 133 Å². The maximum absolute atomic E-state index is 11.9. The maximum Gasteiger partial charge on any atom is 0.410 e. The minimum atomic E-state index is -3.37. The van der Waals surface area contributed by atoms with Crippen LogP contribution in [0.2, 0.25) is 0 Å². The van der Waals surface area contributed by atoms with Crippen molar-refractivity contribution < 1.29 is 22.1 Å². The van der Waals surface area contributed by atoms with Crippen molar-refractivity contribution in [2.45, 2.75) is 45.6 Å². The SMILES string of the molecule is CC(C)(C)OC(=O)N1CCC(C/C=C/COS(C)(=O)=O)CC1. The predicted octanol–water partition coefficient (Wildman–Crippen LogP) is 2.56. The van der Waals surface area contributed by atoms with Gasteiger partial charge in [0.25, 0.3) is 10.1 Å². The minimum Gasteiger partial charge on any atom is -0.444 e. The zero-order chi connectivity index (χ0) is 16.8. The second kappa shape index (κ2) is 7.97. The number of allylic oxidation sites excluding steroid dienone is 1. The second-order valence-electron chi connectivity index (χ2n) is 6.61. The number of carbonyl (C=O) groups excluding carboxylic acids is 1. The van der Waals surface area contributed by atoms with Gasteiger partial charge in [0, 0.05) is 13.1 Å². The van der Waals surface area contributed by atoms with Crippen LogP contribution in [0.15, 0.2) is 12.2 Å². The van der Waals surface area contributed by atoms with Gasteiger partial charge in [-0.05, 0) is 46.0 Å². The summed E-state index contributed by atoms with van der Waals surface area (Å²) in [5.74, 6) is 0.508. The molecule has 0 aliphatic carbocycles. The van der Waals surface area contributed by atoms with Crippen LogP contribution in [0.25, 0.3) is 0 Å². The molecule has 0 unspecified atom stereocenters. The number of hydrogen-bond acceptors (Lipinski definition) is 5. The predicted molar refractivity (Wildman–Crippen MR) is 85.1 cm³/mol. The van der Waals surface area contributed by atoms with E-state index in [9.17, 15) is 13.2 Å². The van der Waals surface area contributed by atoms with Gasteiger partial charge in [-0.2, -0.15) is 8.42 Å². The average molecular weight is 333 g/mol. The zero-order valence-electron chi connectivity index (χ0n) is 13.9. The van der Waals surface area contributed by atoms with Crippen LogP contribution in [-0.4, -0.2) is 51.0 Å². The average Bonchev–Trinajstić information content (AvgIpc) is 2.35. The summed E-state index contributed by atoms with van der Waals surface area (Å²) < 4.78 is 31.6. The van der Waals surface area contributed by atoms with Crippen LogP contribution in [0.3, 0.4) is 0 Å². The summed E-state index contributed by atoms with van der Waals surface area (Å²) in [6, 6.07) is 0. The first kappa shape index (κ1) is 19.0. The third kappa shape index (κ3) is 8.38. The molecule has 0 atom stereocenters. The van der Waals surface area contributed by atoms with E-state index in [1.165, 1.54) is 0 Å². The van der Waals surface area contributed by atoms with Gasteiger partial charge >= 0.3 is 6.09 Å². The molecule has 1 fully saturated rings. The number of hydrogen-bond donors (Lipinski definition) is 0. The zero-order valence-corrected chi connectivity index (χ0v) is 14.7. The van der Waals surface area contributed by atoms with Crippen LogP contribution in [0.5, 0.6) is 0 Å². The number of carbonyl (C=O) groups is 1. The molecule has 1 heterocycles. The van der Waals surface area contributed by atoms with E-state index in [-0.39, 0.29) is 12.7 Å². The summed E-state index contributed by atoms with van der Waals surface area (Å²) in [5, 5.41) is 0. The van der Waals surface area contributed by atoms with Crippen LogP contribution in [0.1, 0.15) is 40.0 Å². The molecule has 1 rings (SSSR count). The van der Waals surface area contributed by atoms with Crippen LogP contribution < -0.4 is 0 Å². The normalized spacial score (nSPS) is 17.9. The van der Waals surface area contributed by atoms with Crippen molar-refractivity contribution >= 4 is 16.2 Å². The first-order valence-corrected chi connectivity index (χ1v) is 9.36. The van der Waals surface area contributed by atoms with Crippen LogP contribution in [0, 0.1) is 5.92 Å². The highest BCUT2D eigenvalue weighted by molar-refractivity contribution is 7.85. The molecule has 1 saturated heterocycles. The van der Waals surface area contributed by atoms with Gasteiger partial charge < -0.3 is 9.64 Å². The van der Waals surface area contributed by atoms with E-state index in [2.05, 4.69) is 4.18 Å². The van der Waals surface area contributed by atoms with Crippen molar-refractivity contribution in [3.8, 4) is 0 Å². The summed E-state index contributed by atoms with van der Waals surface area (Å²) in [6.45, 7) is 7.07. The molecule has 0 N–H and O–H groups in total. The molecule has 0 aromatic heterocycles. The Bertz CT molecular complexity index is 485. The Balaban J connectivity index is 2.25. The number of likely N-dealkylation sites (tertiary alicyclic amines) is 1. The van der Waals surface area contributed by atoms with E-state index in [1.807, 2.05) is 26.8 Å². The first-order valence-electron chi connectivity index (χ1n) is 7.54. The molecule has 0 bridgehead atoms. The van der Waals surface area contributed by atoms with E-state index in [1.54, 1.807) is 11.0 Å². The maximum atomic E-state index is 11.9. The van der Waals surface area contributed by atoms with Crippen molar-refractivity contribution in [1.82, 2.24) is 4.90 Å². The number of rotatable bonds is 5. The number of piperidine rings is 1. The van der Waals surface area contributed by atoms with E-state index in [0.29, 0.717) is 19.0 Å². The van der Waals surface area contributed by atoms with Crippen molar-refractivity contribution in [2.24, 2.45) is 5.92 Å². The Morgan fingerprint density at radius 1 is 1.23 bits per heavy atom. The monoisotopic (exact) mass is 333 g/mol. The van der Waals surface area contributed by atoms with E-state index < -0.39 is 15.7 Å². The smallest absolute Gasteiger partial charge is 0.410 e. The van der Waals surface area contributed by atoms with E-state index in [4.69, 9.17) is 4.74 Å². The molecule has 128 valence electrons. The molecule has 1 aliphatic rings. The number of amides is 1. The van der Waals surface area contributed by atoms with Crippen molar-refractivity contribution in [2.75, 3.05) is 26.0 Å². The molecule has 1 amide bonds. The van der Waals surface area contributed by atoms with E-state index in [0.717, 1.165) is 25.5 Å². The largest absolute Gasteiger partial charge is 0.444 e. The van der Waals surface area contributed by atoms with Crippen molar-refractivity contribution in [1.29, 1.82) is 0 Å². The van der Waals surface area contributed by atoms with Gasteiger partial charge in [0.15, 0.2) is 0 Å². The topological polar surface area (TPSA) is 72.9 Å². The van der Waals surface area contributed by atoms with Crippen LogP contribution in [0.4, 0.5) is 4.79 Å². The summed E-state index contributed by atoms with van der Waals surface area (Å²) in [5.41, 5.74) is -0.462. The van der Waals surface area contributed by atoms with Gasteiger partial charge in [-0.3, -0.25) is 4.18 Å². The van der Waals surface area contributed by atoms with Crippen LogP contribution in [-0.2, 0) is 19.0 Å². The first-order chi connectivity index (χ1) is 10.1. The van der Waals surface area contributed by atoms with Gasteiger partial charge in [0.05, 0.1) is 12.9 Å². The standard InChI is InChI=1S/C15H27NO5S/c1-15(2,3)21-14(17)16-10-8-13(9-11-16)7-5-6-12-20-22(4,18)19/h5-6,13H,7-12H2,1-4H3/b6-5+. The van der Waals surface area contributed by atoms with Gasteiger partial charge in [0.1, 0.15) is 5.60 Å². The molecule has 0 aromatic rings. The van der Waals surface area contributed by atoms with E-state index >= 15 is 0 Å². The summed E-state index contributed by atoms with van der Waals surface area (Å²) >= 11 is 0. The molecular formula is C15H27NO5S. The molecule has 22 heavy (non-hydrogen) atoms. The molecule has 7 heteroatoms. The lowest BCUT2D eigenvalue weighted by molar-refractivity contribution is 0.0185. The second-order valence-corrected chi connectivity index (χ2v) is 8.25. The molecule has 0 saturated carbocycles. The molecule has 0 aromatic carbocycles.